The molecular formula is C16H27IN4S. The van der Waals surface area contributed by atoms with Gasteiger partial charge in [-0.15, -0.1) is 35.3 Å². The van der Waals surface area contributed by atoms with Crippen LogP contribution in [0.3, 0.4) is 0 Å². The first kappa shape index (κ1) is 19.4. The number of allylic oxidation sites excluding steroid dienone is 1. The largest absolute Gasteiger partial charge is 0.356 e. The maximum Gasteiger partial charge on any atom is 0.191 e. The van der Waals surface area contributed by atoms with Gasteiger partial charge < -0.3 is 10.6 Å². The first-order valence-corrected chi connectivity index (χ1v) is 8.63. The summed E-state index contributed by atoms with van der Waals surface area (Å²) in [5, 5.41) is 9.96. The van der Waals surface area contributed by atoms with Crippen LogP contribution in [-0.4, -0.2) is 24.5 Å². The second kappa shape index (κ2) is 10.2. The number of hydrogen-bond acceptors (Lipinski definition) is 3. The molecule has 0 aliphatic heterocycles. The molecule has 0 amide bonds. The van der Waals surface area contributed by atoms with Gasteiger partial charge in [0.2, 0.25) is 0 Å². The molecule has 0 fully saturated rings. The number of hydrogen-bond donors (Lipinski definition) is 2. The summed E-state index contributed by atoms with van der Waals surface area (Å²) in [6.45, 7) is 6.02. The third-order valence-electron chi connectivity index (χ3n) is 3.67. The first-order valence-electron chi connectivity index (χ1n) is 7.75. The topological polar surface area (TPSA) is 49.3 Å². The number of nitrogens with one attached hydrogen (secondary N) is 2. The highest BCUT2D eigenvalue weighted by Gasteiger charge is 2.07. The molecule has 1 aliphatic carbocycles. The highest BCUT2D eigenvalue weighted by atomic mass is 127. The fraction of sp³-hybridized carbons (Fsp3) is 0.625. The Bertz CT molecular complexity index is 508. The molecule has 0 aromatic carbocycles. The molecule has 2 N–H and O–H groups in total. The van der Waals surface area contributed by atoms with Crippen molar-refractivity contribution in [3.8, 4) is 0 Å². The quantitative estimate of drug-likeness (QED) is 0.308. The number of halogens is 1. The molecule has 0 saturated heterocycles. The molecule has 4 nitrogen and oxygen atoms in total. The van der Waals surface area contributed by atoms with Gasteiger partial charge in [-0.25, -0.2) is 4.98 Å². The standard InChI is InChI=1S/C16H26N4S.HI/c1-12(2)14-11-21-15(20-14)10-19-16(17-3)18-9-8-13-6-4-5-7-13;/h6,11-12H,4-5,7-10H2,1-3H3,(H2,17,18,19);1H. The summed E-state index contributed by atoms with van der Waals surface area (Å²) in [6.07, 6.45) is 7.34. The second-order valence-corrected chi connectivity index (χ2v) is 6.62. The van der Waals surface area contributed by atoms with Crippen molar-refractivity contribution in [1.29, 1.82) is 0 Å². The van der Waals surface area contributed by atoms with Gasteiger partial charge in [0.15, 0.2) is 5.96 Å². The van der Waals surface area contributed by atoms with E-state index in [-0.39, 0.29) is 24.0 Å². The van der Waals surface area contributed by atoms with Gasteiger partial charge in [-0.2, -0.15) is 0 Å². The van der Waals surface area contributed by atoms with Crippen LogP contribution in [0.2, 0.25) is 0 Å². The van der Waals surface area contributed by atoms with Crippen molar-refractivity contribution in [1.82, 2.24) is 15.6 Å². The van der Waals surface area contributed by atoms with E-state index in [1.165, 1.54) is 25.0 Å². The van der Waals surface area contributed by atoms with E-state index < -0.39 is 0 Å². The predicted molar refractivity (Wildman–Crippen MR) is 106 cm³/mol. The fourth-order valence-corrected chi connectivity index (χ4v) is 3.25. The van der Waals surface area contributed by atoms with Crippen molar-refractivity contribution >= 4 is 41.3 Å². The maximum atomic E-state index is 4.62. The van der Waals surface area contributed by atoms with Gasteiger partial charge in [-0.3, -0.25) is 4.99 Å². The molecule has 1 aliphatic rings. The average molecular weight is 434 g/mol. The Labute approximate surface area is 154 Å². The Balaban J connectivity index is 0.00000242. The molecule has 0 spiro atoms. The molecule has 1 heterocycles. The lowest BCUT2D eigenvalue weighted by Crippen LogP contribution is -2.37. The molecule has 22 heavy (non-hydrogen) atoms. The molecule has 0 bridgehead atoms. The van der Waals surface area contributed by atoms with E-state index in [1.807, 2.05) is 7.05 Å². The van der Waals surface area contributed by atoms with Gasteiger partial charge in [-0.1, -0.05) is 25.5 Å². The second-order valence-electron chi connectivity index (χ2n) is 5.68. The number of aliphatic imine (C=N–C) groups is 1. The van der Waals surface area contributed by atoms with Crippen LogP contribution in [0.25, 0.3) is 0 Å². The van der Waals surface area contributed by atoms with Crippen molar-refractivity contribution in [2.24, 2.45) is 4.99 Å². The summed E-state index contributed by atoms with van der Waals surface area (Å²) in [6, 6.07) is 0. The van der Waals surface area contributed by atoms with E-state index in [2.05, 4.69) is 45.9 Å². The lowest BCUT2D eigenvalue weighted by molar-refractivity contribution is 0.764. The summed E-state index contributed by atoms with van der Waals surface area (Å²) in [5.41, 5.74) is 2.76. The number of thiazole rings is 1. The van der Waals surface area contributed by atoms with Crippen LogP contribution < -0.4 is 10.6 Å². The minimum atomic E-state index is 0. The molecule has 2 rings (SSSR count). The molecule has 0 radical (unpaired) electrons. The maximum absolute atomic E-state index is 4.62. The highest BCUT2D eigenvalue weighted by Crippen LogP contribution is 2.19. The minimum Gasteiger partial charge on any atom is -0.356 e. The van der Waals surface area contributed by atoms with Crippen LogP contribution in [-0.2, 0) is 6.54 Å². The van der Waals surface area contributed by atoms with Crippen LogP contribution in [0, 0.1) is 0 Å². The third-order valence-corrected chi connectivity index (χ3v) is 4.53. The number of aromatic nitrogens is 1. The monoisotopic (exact) mass is 434 g/mol. The van der Waals surface area contributed by atoms with E-state index in [0.717, 1.165) is 30.5 Å². The van der Waals surface area contributed by atoms with Crippen LogP contribution in [0.1, 0.15) is 56.2 Å². The average Bonchev–Trinajstić information content (AvgIpc) is 3.13. The summed E-state index contributed by atoms with van der Waals surface area (Å²) < 4.78 is 0. The van der Waals surface area contributed by atoms with Gasteiger partial charge in [0.25, 0.3) is 0 Å². The smallest absolute Gasteiger partial charge is 0.191 e. The van der Waals surface area contributed by atoms with Crippen molar-refractivity contribution in [3.05, 3.63) is 27.7 Å². The van der Waals surface area contributed by atoms with Crippen molar-refractivity contribution in [2.75, 3.05) is 13.6 Å². The Hall–Kier alpha value is -0.630. The molecule has 0 atom stereocenters. The molecule has 6 heteroatoms. The Morgan fingerprint density at radius 2 is 2.23 bits per heavy atom. The zero-order valence-corrected chi connectivity index (χ0v) is 16.8. The van der Waals surface area contributed by atoms with Crippen LogP contribution >= 0.6 is 35.3 Å². The zero-order chi connectivity index (χ0) is 15.1. The molecule has 1 aromatic heterocycles. The van der Waals surface area contributed by atoms with Crippen molar-refractivity contribution in [3.63, 3.8) is 0 Å². The molecule has 1 aromatic rings. The van der Waals surface area contributed by atoms with Gasteiger partial charge in [0, 0.05) is 19.0 Å². The van der Waals surface area contributed by atoms with Crippen LogP contribution in [0.15, 0.2) is 22.0 Å². The Morgan fingerprint density at radius 1 is 1.41 bits per heavy atom. The highest BCUT2D eigenvalue weighted by molar-refractivity contribution is 14.0. The minimum absolute atomic E-state index is 0. The van der Waals surface area contributed by atoms with E-state index in [0.29, 0.717) is 5.92 Å². The number of nitrogens with zero attached hydrogens (tertiary/aromatic N) is 2. The van der Waals surface area contributed by atoms with Crippen LogP contribution in [0.5, 0.6) is 0 Å². The van der Waals surface area contributed by atoms with Gasteiger partial charge in [0.1, 0.15) is 5.01 Å². The molecule has 0 unspecified atom stereocenters. The molecular weight excluding hydrogens is 407 g/mol. The lowest BCUT2D eigenvalue weighted by atomic mass is 10.2. The van der Waals surface area contributed by atoms with Gasteiger partial charge in [-0.05, 0) is 31.6 Å². The summed E-state index contributed by atoms with van der Waals surface area (Å²) in [7, 11) is 1.81. The number of rotatable bonds is 6. The van der Waals surface area contributed by atoms with Crippen molar-refractivity contribution in [2.45, 2.75) is 52.0 Å². The number of guanidine groups is 1. The summed E-state index contributed by atoms with van der Waals surface area (Å²) >= 11 is 1.71. The van der Waals surface area contributed by atoms with E-state index in [1.54, 1.807) is 16.9 Å². The predicted octanol–water partition coefficient (Wildman–Crippen LogP) is 4.05. The zero-order valence-electron chi connectivity index (χ0n) is 13.7. The van der Waals surface area contributed by atoms with Gasteiger partial charge >= 0.3 is 0 Å². The summed E-state index contributed by atoms with van der Waals surface area (Å²) in [4.78, 5) is 8.88. The van der Waals surface area contributed by atoms with E-state index >= 15 is 0 Å². The normalized spacial score (nSPS) is 14.7. The van der Waals surface area contributed by atoms with E-state index in [9.17, 15) is 0 Å². The Kier molecular flexibility index (Phi) is 9.00. The lowest BCUT2D eigenvalue weighted by Gasteiger charge is -2.11. The SMILES string of the molecule is CN=C(NCCC1=CCCC1)NCc1nc(C(C)C)cs1.I. The fourth-order valence-electron chi connectivity index (χ4n) is 2.36. The van der Waals surface area contributed by atoms with Gasteiger partial charge in [0.05, 0.1) is 12.2 Å². The molecule has 0 saturated carbocycles. The summed E-state index contributed by atoms with van der Waals surface area (Å²) in [5.74, 6) is 1.35. The third kappa shape index (κ3) is 6.24. The molecule has 124 valence electrons. The van der Waals surface area contributed by atoms with Crippen LogP contribution in [0.4, 0.5) is 0 Å². The van der Waals surface area contributed by atoms with E-state index in [4.69, 9.17) is 0 Å². The van der Waals surface area contributed by atoms with Crippen molar-refractivity contribution < 1.29 is 0 Å². The Morgan fingerprint density at radius 3 is 2.82 bits per heavy atom. The first-order chi connectivity index (χ1) is 10.2.